The number of hydrogen-bond donors (Lipinski definition) is 2. The van der Waals surface area contributed by atoms with E-state index in [0.29, 0.717) is 35.9 Å². The molecule has 31 heavy (non-hydrogen) atoms. The van der Waals surface area contributed by atoms with Crippen molar-refractivity contribution in [2.75, 3.05) is 19.7 Å². The molecule has 0 fully saturated rings. The van der Waals surface area contributed by atoms with Crippen molar-refractivity contribution in [1.82, 2.24) is 10.0 Å². The van der Waals surface area contributed by atoms with Gasteiger partial charge in [-0.3, -0.25) is 4.79 Å². The topological polar surface area (TPSA) is 84.5 Å². The molecule has 0 saturated heterocycles. The number of hydrogen-bond acceptors (Lipinski definition) is 4. The Morgan fingerprint density at radius 1 is 0.903 bits per heavy atom. The van der Waals surface area contributed by atoms with Gasteiger partial charge in [0.25, 0.3) is 5.91 Å². The molecule has 3 rings (SSSR count). The smallest absolute Gasteiger partial charge is 0.251 e. The summed E-state index contributed by atoms with van der Waals surface area (Å²) in [7, 11) is -3.59. The Bertz CT molecular complexity index is 1100. The summed E-state index contributed by atoms with van der Waals surface area (Å²) in [4.78, 5) is 12.2. The SMILES string of the molecule is O=C(NCCOc1cccc(CCNS(=O)(=O)c2ccc(Cl)cc2)c1)c1ccccc1. The first kappa shape index (κ1) is 22.8. The zero-order chi connectivity index (χ0) is 22.1. The molecule has 8 heteroatoms. The van der Waals surface area contributed by atoms with Crippen LogP contribution in [-0.2, 0) is 16.4 Å². The van der Waals surface area contributed by atoms with Gasteiger partial charge in [-0.1, -0.05) is 41.9 Å². The van der Waals surface area contributed by atoms with Gasteiger partial charge in [0.15, 0.2) is 0 Å². The maximum atomic E-state index is 12.3. The van der Waals surface area contributed by atoms with E-state index in [9.17, 15) is 13.2 Å². The van der Waals surface area contributed by atoms with Crippen LogP contribution >= 0.6 is 11.6 Å². The van der Waals surface area contributed by atoms with Crippen molar-refractivity contribution in [1.29, 1.82) is 0 Å². The Labute approximate surface area is 187 Å². The molecule has 0 aromatic heterocycles. The van der Waals surface area contributed by atoms with E-state index in [2.05, 4.69) is 10.0 Å². The van der Waals surface area contributed by atoms with Crippen LogP contribution in [0.3, 0.4) is 0 Å². The largest absolute Gasteiger partial charge is 0.492 e. The Morgan fingerprint density at radius 3 is 2.39 bits per heavy atom. The first-order valence-electron chi connectivity index (χ1n) is 9.74. The molecule has 0 saturated carbocycles. The van der Waals surface area contributed by atoms with Crippen LogP contribution in [0.4, 0.5) is 0 Å². The molecule has 3 aromatic carbocycles. The Hall–Kier alpha value is -2.87. The van der Waals surface area contributed by atoms with Crippen LogP contribution in [-0.4, -0.2) is 34.0 Å². The second kappa shape index (κ2) is 10.9. The van der Waals surface area contributed by atoms with Gasteiger partial charge in [-0.05, 0) is 60.5 Å². The van der Waals surface area contributed by atoms with Crippen molar-refractivity contribution in [3.8, 4) is 5.75 Å². The zero-order valence-electron chi connectivity index (χ0n) is 16.8. The van der Waals surface area contributed by atoms with E-state index in [1.165, 1.54) is 12.1 Å². The maximum Gasteiger partial charge on any atom is 0.251 e. The Kier molecular flexibility index (Phi) is 8.06. The molecule has 0 radical (unpaired) electrons. The van der Waals surface area contributed by atoms with Crippen molar-refractivity contribution in [3.63, 3.8) is 0 Å². The number of carbonyl (C=O) groups excluding carboxylic acids is 1. The lowest BCUT2D eigenvalue weighted by atomic mass is 10.1. The van der Waals surface area contributed by atoms with E-state index in [0.717, 1.165) is 5.56 Å². The third-order valence-electron chi connectivity index (χ3n) is 4.42. The lowest BCUT2D eigenvalue weighted by Gasteiger charge is -2.10. The van der Waals surface area contributed by atoms with Crippen LogP contribution in [0.2, 0.25) is 5.02 Å². The van der Waals surface area contributed by atoms with E-state index in [4.69, 9.17) is 16.3 Å². The summed E-state index contributed by atoms with van der Waals surface area (Å²) < 4.78 is 32.9. The molecule has 2 N–H and O–H groups in total. The summed E-state index contributed by atoms with van der Waals surface area (Å²) in [5.41, 5.74) is 1.54. The first-order valence-corrected chi connectivity index (χ1v) is 11.6. The lowest BCUT2D eigenvalue weighted by Crippen LogP contribution is -2.28. The van der Waals surface area contributed by atoms with Gasteiger partial charge in [0.1, 0.15) is 12.4 Å². The number of nitrogens with one attached hydrogen (secondary N) is 2. The predicted molar refractivity (Wildman–Crippen MR) is 121 cm³/mol. The molecule has 1 amide bonds. The van der Waals surface area contributed by atoms with E-state index >= 15 is 0 Å². The maximum absolute atomic E-state index is 12.3. The summed E-state index contributed by atoms with van der Waals surface area (Å²) >= 11 is 5.80. The molecule has 0 aliphatic carbocycles. The summed E-state index contributed by atoms with van der Waals surface area (Å²) in [5, 5.41) is 3.29. The van der Waals surface area contributed by atoms with E-state index in [-0.39, 0.29) is 17.3 Å². The van der Waals surface area contributed by atoms with Gasteiger partial charge in [-0.15, -0.1) is 0 Å². The van der Waals surface area contributed by atoms with Crippen LogP contribution in [0.5, 0.6) is 5.75 Å². The Balaban J connectivity index is 1.43. The van der Waals surface area contributed by atoms with Gasteiger partial charge in [0.2, 0.25) is 10.0 Å². The van der Waals surface area contributed by atoms with Crippen LogP contribution in [0.1, 0.15) is 15.9 Å². The molecule has 6 nitrogen and oxygen atoms in total. The molecule has 0 atom stereocenters. The summed E-state index contributed by atoms with van der Waals surface area (Å²) in [6.45, 7) is 0.950. The highest BCUT2D eigenvalue weighted by molar-refractivity contribution is 7.89. The van der Waals surface area contributed by atoms with E-state index in [1.54, 1.807) is 24.3 Å². The molecule has 3 aromatic rings. The molecular weight excluding hydrogens is 436 g/mol. The fourth-order valence-electron chi connectivity index (χ4n) is 2.84. The highest BCUT2D eigenvalue weighted by atomic mass is 35.5. The highest BCUT2D eigenvalue weighted by Gasteiger charge is 2.13. The molecular formula is C23H23ClN2O4S. The predicted octanol–water partition coefficient (Wildman–Crippen LogP) is 3.67. The monoisotopic (exact) mass is 458 g/mol. The average Bonchev–Trinajstić information content (AvgIpc) is 2.78. The lowest BCUT2D eigenvalue weighted by molar-refractivity contribution is 0.0947. The second-order valence-electron chi connectivity index (χ2n) is 6.72. The van der Waals surface area contributed by atoms with Gasteiger partial charge in [0, 0.05) is 17.1 Å². The molecule has 162 valence electrons. The quantitative estimate of drug-likeness (QED) is 0.454. The van der Waals surface area contributed by atoms with Gasteiger partial charge >= 0.3 is 0 Å². The first-order chi connectivity index (χ1) is 14.9. The van der Waals surface area contributed by atoms with Crippen molar-refractivity contribution in [2.24, 2.45) is 0 Å². The van der Waals surface area contributed by atoms with Gasteiger partial charge < -0.3 is 10.1 Å². The minimum atomic E-state index is -3.59. The second-order valence-corrected chi connectivity index (χ2v) is 8.92. The number of rotatable bonds is 10. The number of amides is 1. The van der Waals surface area contributed by atoms with Crippen molar-refractivity contribution in [3.05, 3.63) is 95.0 Å². The van der Waals surface area contributed by atoms with Crippen LogP contribution < -0.4 is 14.8 Å². The van der Waals surface area contributed by atoms with Gasteiger partial charge in [0.05, 0.1) is 11.4 Å². The fraction of sp³-hybridized carbons (Fsp3) is 0.174. The molecule has 0 aliphatic heterocycles. The number of benzene rings is 3. The standard InChI is InChI=1S/C23H23ClN2O4S/c24-20-9-11-22(12-10-20)31(28,29)26-14-13-18-5-4-8-21(17-18)30-16-15-25-23(27)19-6-2-1-3-7-19/h1-12,17,26H,13-16H2,(H,25,27). The molecule has 0 bridgehead atoms. The number of carbonyl (C=O) groups is 1. The molecule has 0 heterocycles. The third kappa shape index (κ3) is 7.10. The third-order valence-corrected chi connectivity index (χ3v) is 6.15. The zero-order valence-corrected chi connectivity index (χ0v) is 18.3. The van der Waals surface area contributed by atoms with Crippen molar-refractivity contribution < 1.29 is 17.9 Å². The number of sulfonamides is 1. The summed E-state index contributed by atoms with van der Waals surface area (Å²) in [6.07, 6.45) is 0.509. The van der Waals surface area contributed by atoms with Crippen LogP contribution in [0.25, 0.3) is 0 Å². The number of ether oxygens (including phenoxy) is 1. The minimum absolute atomic E-state index is 0.147. The van der Waals surface area contributed by atoms with Crippen LogP contribution in [0.15, 0.2) is 83.8 Å². The van der Waals surface area contributed by atoms with E-state index < -0.39 is 10.0 Å². The molecule has 0 unspecified atom stereocenters. The van der Waals surface area contributed by atoms with E-state index in [1.807, 2.05) is 42.5 Å². The van der Waals surface area contributed by atoms with Crippen molar-refractivity contribution >= 4 is 27.5 Å². The normalized spacial score (nSPS) is 11.1. The highest BCUT2D eigenvalue weighted by Crippen LogP contribution is 2.15. The number of halogens is 1. The van der Waals surface area contributed by atoms with Gasteiger partial charge in [-0.2, -0.15) is 0 Å². The summed E-state index contributed by atoms with van der Waals surface area (Å²) in [6, 6.07) is 22.4. The molecule has 0 spiro atoms. The average molecular weight is 459 g/mol. The summed E-state index contributed by atoms with van der Waals surface area (Å²) in [5.74, 6) is 0.512. The van der Waals surface area contributed by atoms with Gasteiger partial charge in [-0.25, -0.2) is 13.1 Å². The Morgan fingerprint density at radius 2 is 1.65 bits per heavy atom. The molecule has 0 aliphatic rings. The minimum Gasteiger partial charge on any atom is -0.492 e. The van der Waals surface area contributed by atoms with Crippen LogP contribution in [0, 0.1) is 0 Å². The van der Waals surface area contributed by atoms with Crippen molar-refractivity contribution in [2.45, 2.75) is 11.3 Å². The fourth-order valence-corrected chi connectivity index (χ4v) is 4.00.